The number of H-pyrrole nitrogens is 1. The van der Waals surface area contributed by atoms with Crippen molar-refractivity contribution in [2.24, 2.45) is 0 Å². The number of unbranched alkanes of at least 4 members (excludes halogenated alkanes) is 1. The molecule has 0 aliphatic heterocycles. The molecule has 2 heterocycles. The number of halogens is 1. The van der Waals surface area contributed by atoms with Crippen LogP contribution in [-0.4, -0.2) is 25.7 Å². The summed E-state index contributed by atoms with van der Waals surface area (Å²) in [5.41, 5.74) is 3.96. The van der Waals surface area contributed by atoms with Gasteiger partial charge in [0, 0.05) is 6.54 Å². The Kier molecular flexibility index (Phi) is 6.37. The van der Waals surface area contributed by atoms with Crippen LogP contribution in [0.15, 0.2) is 54.6 Å². The van der Waals surface area contributed by atoms with Gasteiger partial charge in [0.1, 0.15) is 11.0 Å². The molecule has 2 aromatic heterocycles. The van der Waals surface area contributed by atoms with E-state index in [2.05, 4.69) is 22.3 Å². The summed E-state index contributed by atoms with van der Waals surface area (Å²) < 4.78 is 1.71. The molecule has 0 saturated heterocycles. The molecule has 6 nitrogen and oxygen atoms in total. The predicted octanol–water partition coefficient (Wildman–Crippen LogP) is 5.24. The van der Waals surface area contributed by atoms with Gasteiger partial charge >= 0.3 is 0 Å². The van der Waals surface area contributed by atoms with Gasteiger partial charge in [0.05, 0.1) is 28.3 Å². The largest absolute Gasteiger partial charge is 0.342 e. The Bertz CT molecular complexity index is 1150. The molecule has 0 fully saturated rings. The van der Waals surface area contributed by atoms with Gasteiger partial charge in [0.25, 0.3) is 5.91 Å². The van der Waals surface area contributed by atoms with E-state index in [1.165, 1.54) is 0 Å². The van der Waals surface area contributed by atoms with Crippen LogP contribution < -0.4 is 5.32 Å². The van der Waals surface area contributed by atoms with Crippen LogP contribution in [0.4, 0.5) is 0 Å². The average Bonchev–Trinajstić information content (AvgIpc) is 3.33. The van der Waals surface area contributed by atoms with Crippen LogP contribution in [0.2, 0.25) is 5.15 Å². The Labute approximate surface area is 186 Å². The summed E-state index contributed by atoms with van der Waals surface area (Å²) >= 11 is 6.53. The van der Waals surface area contributed by atoms with Gasteiger partial charge in [-0.05, 0) is 37.5 Å². The molecule has 31 heavy (non-hydrogen) atoms. The molecule has 0 radical (unpaired) electrons. The third-order valence-corrected chi connectivity index (χ3v) is 5.73. The number of imidazole rings is 1. The summed E-state index contributed by atoms with van der Waals surface area (Å²) in [5.74, 6) is 0.470. The van der Waals surface area contributed by atoms with E-state index in [4.69, 9.17) is 16.6 Å². The molecule has 1 atom stereocenters. The van der Waals surface area contributed by atoms with Gasteiger partial charge < -0.3 is 10.3 Å². The number of nitrogens with one attached hydrogen (secondary N) is 2. The molecule has 0 saturated carbocycles. The van der Waals surface area contributed by atoms with Crippen LogP contribution in [-0.2, 0) is 13.0 Å². The van der Waals surface area contributed by atoms with Crippen molar-refractivity contribution in [1.29, 1.82) is 0 Å². The summed E-state index contributed by atoms with van der Waals surface area (Å²) in [6.07, 6.45) is 2.59. The predicted molar refractivity (Wildman–Crippen MR) is 123 cm³/mol. The van der Waals surface area contributed by atoms with E-state index < -0.39 is 0 Å². The maximum Gasteiger partial charge on any atom is 0.256 e. The summed E-state index contributed by atoms with van der Waals surface area (Å²) in [6.45, 7) is 4.62. The summed E-state index contributed by atoms with van der Waals surface area (Å²) in [4.78, 5) is 21.3. The molecule has 2 aromatic carbocycles. The second-order valence-electron chi connectivity index (χ2n) is 7.68. The minimum Gasteiger partial charge on any atom is -0.342 e. The van der Waals surface area contributed by atoms with Crippen molar-refractivity contribution in [2.75, 3.05) is 0 Å². The SMILES string of the molecule is CCCCn1nc(C)c(C(=O)N[C@@H](Cc2ccccc2)c2nc3ccccc3[nH]2)c1Cl. The molecule has 0 aliphatic rings. The van der Waals surface area contributed by atoms with Gasteiger partial charge in [0.2, 0.25) is 0 Å². The van der Waals surface area contributed by atoms with Crippen LogP contribution >= 0.6 is 11.6 Å². The Balaban J connectivity index is 1.64. The molecular weight excluding hydrogens is 410 g/mol. The van der Waals surface area contributed by atoms with Crippen LogP contribution in [0.5, 0.6) is 0 Å². The second kappa shape index (κ2) is 9.35. The number of hydrogen-bond donors (Lipinski definition) is 2. The molecule has 0 aliphatic carbocycles. The second-order valence-corrected chi connectivity index (χ2v) is 8.04. The standard InChI is InChI=1S/C24H26ClN5O/c1-3-4-14-30-22(25)21(16(2)29-30)24(31)28-20(15-17-10-6-5-7-11-17)23-26-18-12-8-9-13-19(18)27-23/h5-13,20H,3-4,14-15H2,1-2H3,(H,26,27)(H,28,31)/t20-/m0/s1. The van der Waals surface area contributed by atoms with E-state index in [0.29, 0.717) is 35.2 Å². The Morgan fingerprint density at radius 1 is 1.16 bits per heavy atom. The Morgan fingerprint density at radius 3 is 2.65 bits per heavy atom. The van der Waals surface area contributed by atoms with Crippen molar-refractivity contribution >= 4 is 28.5 Å². The lowest BCUT2D eigenvalue weighted by Crippen LogP contribution is -2.31. The molecule has 4 rings (SSSR count). The highest BCUT2D eigenvalue weighted by Crippen LogP contribution is 2.24. The highest BCUT2D eigenvalue weighted by molar-refractivity contribution is 6.33. The highest BCUT2D eigenvalue weighted by atomic mass is 35.5. The Hall–Kier alpha value is -3.12. The van der Waals surface area contributed by atoms with Crippen molar-refractivity contribution in [3.05, 3.63) is 82.4 Å². The number of aromatic nitrogens is 4. The van der Waals surface area contributed by atoms with Crippen LogP contribution in [0.1, 0.15) is 53.2 Å². The fourth-order valence-corrected chi connectivity index (χ4v) is 4.05. The van der Waals surface area contributed by atoms with E-state index in [0.717, 1.165) is 29.4 Å². The quantitative estimate of drug-likeness (QED) is 0.397. The molecule has 0 spiro atoms. The Morgan fingerprint density at radius 2 is 1.90 bits per heavy atom. The van der Waals surface area contributed by atoms with Crippen LogP contribution in [0.3, 0.4) is 0 Å². The number of rotatable bonds is 8. The first-order valence-electron chi connectivity index (χ1n) is 10.6. The van der Waals surface area contributed by atoms with Crippen molar-refractivity contribution < 1.29 is 4.79 Å². The van der Waals surface area contributed by atoms with Crippen LogP contribution in [0.25, 0.3) is 11.0 Å². The first-order chi connectivity index (χ1) is 15.1. The molecule has 0 bridgehead atoms. The molecule has 160 valence electrons. The molecular formula is C24H26ClN5O. The first kappa shape index (κ1) is 21.1. The van der Waals surface area contributed by atoms with E-state index >= 15 is 0 Å². The molecule has 2 N–H and O–H groups in total. The number of benzene rings is 2. The highest BCUT2D eigenvalue weighted by Gasteiger charge is 2.25. The zero-order chi connectivity index (χ0) is 21.8. The van der Waals surface area contributed by atoms with Crippen molar-refractivity contribution in [3.63, 3.8) is 0 Å². The summed E-state index contributed by atoms with van der Waals surface area (Å²) in [7, 11) is 0. The van der Waals surface area contributed by atoms with Gasteiger partial charge in [-0.25, -0.2) is 4.98 Å². The number of aromatic amines is 1. The summed E-state index contributed by atoms with van der Waals surface area (Å²) in [5, 5.41) is 7.99. The van der Waals surface area contributed by atoms with E-state index in [1.54, 1.807) is 4.68 Å². The minimum absolute atomic E-state index is 0.244. The van der Waals surface area contributed by atoms with E-state index in [-0.39, 0.29) is 11.9 Å². The van der Waals surface area contributed by atoms with Gasteiger partial charge in [-0.2, -0.15) is 5.10 Å². The number of nitrogens with zero attached hydrogens (tertiary/aromatic N) is 3. The maximum atomic E-state index is 13.3. The third-order valence-electron chi connectivity index (χ3n) is 5.34. The fraction of sp³-hybridized carbons (Fsp3) is 0.292. The smallest absolute Gasteiger partial charge is 0.256 e. The fourth-order valence-electron chi connectivity index (χ4n) is 3.70. The maximum absolute atomic E-state index is 13.3. The number of amides is 1. The number of para-hydroxylation sites is 2. The number of hydrogen-bond acceptors (Lipinski definition) is 3. The van der Waals surface area contributed by atoms with E-state index in [9.17, 15) is 4.79 Å². The van der Waals surface area contributed by atoms with Gasteiger partial charge in [-0.15, -0.1) is 0 Å². The normalized spacial score (nSPS) is 12.2. The lowest BCUT2D eigenvalue weighted by molar-refractivity contribution is 0.0934. The lowest BCUT2D eigenvalue weighted by Gasteiger charge is -2.17. The monoisotopic (exact) mass is 435 g/mol. The zero-order valence-corrected chi connectivity index (χ0v) is 18.5. The first-order valence-corrected chi connectivity index (χ1v) is 11.0. The third kappa shape index (κ3) is 4.64. The van der Waals surface area contributed by atoms with E-state index in [1.807, 2.05) is 61.5 Å². The van der Waals surface area contributed by atoms with Gasteiger partial charge in [-0.1, -0.05) is 67.4 Å². The zero-order valence-electron chi connectivity index (χ0n) is 17.7. The van der Waals surface area contributed by atoms with Gasteiger partial charge in [0.15, 0.2) is 0 Å². The molecule has 4 aromatic rings. The molecule has 7 heteroatoms. The van der Waals surface area contributed by atoms with Crippen LogP contribution in [0, 0.1) is 6.92 Å². The summed E-state index contributed by atoms with van der Waals surface area (Å²) in [6, 6.07) is 17.6. The average molecular weight is 436 g/mol. The number of fused-ring (bicyclic) bond motifs is 1. The van der Waals surface area contributed by atoms with Crippen molar-refractivity contribution in [1.82, 2.24) is 25.1 Å². The topological polar surface area (TPSA) is 75.6 Å². The minimum atomic E-state index is -0.336. The van der Waals surface area contributed by atoms with Crippen molar-refractivity contribution in [3.8, 4) is 0 Å². The number of aryl methyl sites for hydroxylation is 2. The van der Waals surface area contributed by atoms with Crippen molar-refractivity contribution in [2.45, 2.75) is 45.7 Å². The lowest BCUT2D eigenvalue weighted by atomic mass is 10.0. The number of carbonyl (C=O) groups excluding carboxylic acids is 1. The molecule has 0 unspecified atom stereocenters. The van der Waals surface area contributed by atoms with Gasteiger partial charge in [-0.3, -0.25) is 9.48 Å². The number of carbonyl (C=O) groups is 1. The molecule has 1 amide bonds.